The van der Waals surface area contributed by atoms with Crippen LogP contribution in [0.3, 0.4) is 0 Å². The highest BCUT2D eigenvalue weighted by atomic mass is 32.1. The van der Waals surface area contributed by atoms with Crippen molar-refractivity contribution < 1.29 is 0 Å². The zero-order valence-electron chi connectivity index (χ0n) is 14.3. The Morgan fingerprint density at radius 2 is 2.10 bits per heavy atom. The smallest absolute Gasteiger partial charge is 0.185 e. The van der Waals surface area contributed by atoms with Gasteiger partial charge in [-0.25, -0.2) is 4.98 Å². The quantitative estimate of drug-likeness (QED) is 0.809. The van der Waals surface area contributed by atoms with Crippen LogP contribution in [0.25, 0.3) is 0 Å². The minimum absolute atomic E-state index is 0.507. The van der Waals surface area contributed by atoms with Gasteiger partial charge < -0.3 is 10.2 Å². The first kappa shape index (κ1) is 16.8. The van der Waals surface area contributed by atoms with E-state index in [0.717, 1.165) is 12.5 Å². The minimum atomic E-state index is 0.507. The zero-order chi connectivity index (χ0) is 15.4. The topological polar surface area (TPSA) is 28.2 Å². The summed E-state index contributed by atoms with van der Waals surface area (Å²) in [5, 5.41) is 4.79. The van der Waals surface area contributed by atoms with E-state index < -0.39 is 0 Å². The molecular formula is C17H31N3S. The lowest BCUT2D eigenvalue weighted by Crippen LogP contribution is -2.22. The van der Waals surface area contributed by atoms with Crippen molar-refractivity contribution in [3.8, 4) is 0 Å². The highest BCUT2D eigenvalue weighted by Gasteiger charge is 2.25. The van der Waals surface area contributed by atoms with Crippen LogP contribution in [-0.4, -0.2) is 24.1 Å². The lowest BCUT2D eigenvalue weighted by molar-refractivity contribution is 0.529. The third-order valence-corrected chi connectivity index (χ3v) is 5.32. The first-order chi connectivity index (χ1) is 10.0. The van der Waals surface area contributed by atoms with Gasteiger partial charge in [-0.2, -0.15) is 0 Å². The zero-order valence-corrected chi connectivity index (χ0v) is 15.1. The third-order valence-electron chi connectivity index (χ3n) is 4.19. The van der Waals surface area contributed by atoms with Crippen LogP contribution in [0.4, 0.5) is 5.13 Å². The number of hydrogen-bond donors (Lipinski definition) is 1. The number of nitrogens with one attached hydrogen (secondary N) is 1. The van der Waals surface area contributed by atoms with Crippen molar-refractivity contribution in [1.82, 2.24) is 10.3 Å². The molecule has 4 heteroatoms. The van der Waals surface area contributed by atoms with E-state index in [1.54, 1.807) is 0 Å². The van der Waals surface area contributed by atoms with Gasteiger partial charge in [-0.3, -0.25) is 0 Å². The summed E-state index contributed by atoms with van der Waals surface area (Å²) in [5.74, 6) is 1.38. The summed E-state index contributed by atoms with van der Waals surface area (Å²) in [7, 11) is 0. The largest absolute Gasteiger partial charge is 0.348 e. The van der Waals surface area contributed by atoms with Crippen molar-refractivity contribution in [3.63, 3.8) is 0 Å². The maximum absolute atomic E-state index is 4.97. The summed E-state index contributed by atoms with van der Waals surface area (Å²) < 4.78 is 0. The molecule has 1 saturated heterocycles. The Labute approximate surface area is 134 Å². The van der Waals surface area contributed by atoms with Gasteiger partial charge in [0.1, 0.15) is 0 Å². The molecule has 0 radical (unpaired) electrons. The number of thiazole rings is 1. The molecule has 1 atom stereocenters. The van der Waals surface area contributed by atoms with Crippen molar-refractivity contribution in [3.05, 3.63) is 10.6 Å². The summed E-state index contributed by atoms with van der Waals surface area (Å²) in [6.07, 6.45) is 4.00. The van der Waals surface area contributed by atoms with Crippen molar-refractivity contribution in [2.75, 3.05) is 18.0 Å². The van der Waals surface area contributed by atoms with Gasteiger partial charge in [0.2, 0.25) is 0 Å². The Morgan fingerprint density at radius 3 is 2.71 bits per heavy atom. The Kier molecular flexibility index (Phi) is 6.06. The first-order valence-corrected chi connectivity index (χ1v) is 9.30. The molecule has 21 heavy (non-hydrogen) atoms. The van der Waals surface area contributed by atoms with Crippen LogP contribution >= 0.6 is 11.3 Å². The van der Waals surface area contributed by atoms with Crippen LogP contribution in [0.2, 0.25) is 0 Å². The average molecular weight is 310 g/mol. The molecule has 1 aromatic heterocycles. The second-order valence-corrected chi connectivity index (χ2v) is 7.95. The maximum Gasteiger partial charge on any atom is 0.185 e. The SMILES string of the molecule is CCCC1CCN(c2nc(C(C)C)c(CNC(C)C)s2)C1. The van der Waals surface area contributed by atoms with E-state index in [-0.39, 0.29) is 0 Å². The summed E-state index contributed by atoms with van der Waals surface area (Å²) in [4.78, 5) is 8.90. The second-order valence-electron chi connectivity index (χ2n) is 6.88. The van der Waals surface area contributed by atoms with Crippen LogP contribution < -0.4 is 10.2 Å². The van der Waals surface area contributed by atoms with E-state index in [4.69, 9.17) is 4.98 Å². The molecule has 1 unspecified atom stereocenters. The standard InChI is InChI=1S/C17H31N3S/c1-6-7-14-8-9-20(11-14)17-19-16(12(2)3)15(21-17)10-18-13(4)5/h12-14,18H,6-11H2,1-5H3. The van der Waals surface area contributed by atoms with Crippen molar-refractivity contribution in [2.45, 2.75) is 72.4 Å². The molecule has 3 nitrogen and oxygen atoms in total. The van der Waals surface area contributed by atoms with Crippen LogP contribution in [-0.2, 0) is 6.54 Å². The van der Waals surface area contributed by atoms with E-state index in [1.165, 1.54) is 48.1 Å². The molecule has 120 valence electrons. The number of aromatic nitrogens is 1. The number of hydrogen-bond acceptors (Lipinski definition) is 4. The highest BCUT2D eigenvalue weighted by molar-refractivity contribution is 7.15. The van der Waals surface area contributed by atoms with E-state index >= 15 is 0 Å². The maximum atomic E-state index is 4.97. The predicted molar refractivity (Wildman–Crippen MR) is 93.4 cm³/mol. The van der Waals surface area contributed by atoms with Gasteiger partial charge in [-0.05, 0) is 24.7 Å². The molecule has 1 aliphatic rings. The molecule has 0 aliphatic carbocycles. The summed E-state index contributed by atoms with van der Waals surface area (Å²) in [5.41, 5.74) is 1.29. The molecule has 0 amide bonds. The second kappa shape index (κ2) is 7.59. The van der Waals surface area contributed by atoms with Crippen molar-refractivity contribution in [1.29, 1.82) is 0 Å². The van der Waals surface area contributed by atoms with E-state index in [1.807, 2.05) is 11.3 Å². The Balaban J connectivity index is 2.08. The predicted octanol–water partition coefficient (Wildman–Crippen LogP) is 4.39. The fourth-order valence-corrected chi connectivity index (χ4v) is 4.21. The Morgan fingerprint density at radius 1 is 1.33 bits per heavy atom. The molecular weight excluding hydrogens is 278 g/mol. The molecule has 1 N–H and O–H groups in total. The molecule has 2 rings (SSSR count). The van der Waals surface area contributed by atoms with Gasteiger partial charge in [0, 0.05) is 30.6 Å². The lowest BCUT2D eigenvalue weighted by atomic mass is 10.0. The summed E-state index contributed by atoms with van der Waals surface area (Å²) in [6, 6.07) is 0.524. The van der Waals surface area contributed by atoms with Crippen LogP contribution in [0, 0.1) is 5.92 Å². The molecule has 0 spiro atoms. The van der Waals surface area contributed by atoms with Crippen LogP contribution in [0.15, 0.2) is 0 Å². The Hall–Kier alpha value is -0.610. The van der Waals surface area contributed by atoms with Gasteiger partial charge in [-0.1, -0.05) is 41.0 Å². The van der Waals surface area contributed by atoms with Gasteiger partial charge in [0.25, 0.3) is 0 Å². The van der Waals surface area contributed by atoms with Crippen LogP contribution in [0.1, 0.15) is 70.4 Å². The summed E-state index contributed by atoms with van der Waals surface area (Å²) >= 11 is 1.90. The molecule has 0 bridgehead atoms. The van der Waals surface area contributed by atoms with Gasteiger partial charge in [-0.15, -0.1) is 11.3 Å². The van der Waals surface area contributed by atoms with Gasteiger partial charge in [0.15, 0.2) is 5.13 Å². The molecule has 2 heterocycles. The fourth-order valence-electron chi connectivity index (χ4n) is 3.01. The lowest BCUT2D eigenvalue weighted by Gasteiger charge is -2.14. The minimum Gasteiger partial charge on any atom is -0.348 e. The number of anilines is 1. The molecule has 1 aliphatic heterocycles. The van der Waals surface area contributed by atoms with Gasteiger partial charge >= 0.3 is 0 Å². The first-order valence-electron chi connectivity index (χ1n) is 8.49. The van der Waals surface area contributed by atoms with E-state index in [2.05, 4.69) is 44.8 Å². The van der Waals surface area contributed by atoms with Gasteiger partial charge in [0.05, 0.1) is 5.69 Å². The van der Waals surface area contributed by atoms with E-state index in [9.17, 15) is 0 Å². The van der Waals surface area contributed by atoms with Crippen molar-refractivity contribution >= 4 is 16.5 Å². The highest BCUT2D eigenvalue weighted by Crippen LogP contribution is 2.34. The number of nitrogens with zero attached hydrogens (tertiary/aromatic N) is 2. The van der Waals surface area contributed by atoms with Crippen LogP contribution in [0.5, 0.6) is 0 Å². The molecule has 0 aromatic carbocycles. The number of rotatable bonds is 7. The molecule has 1 fully saturated rings. The monoisotopic (exact) mass is 309 g/mol. The molecule has 1 aromatic rings. The van der Waals surface area contributed by atoms with Crippen molar-refractivity contribution in [2.24, 2.45) is 5.92 Å². The third kappa shape index (κ3) is 4.43. The normalized spacial score (nSPS) is 19.2. The average Bonchev–Trinajstić information content (AvgIpc) is 3.02. The molecule has 0 saturated carbocycles. The Bertz CT molecular complexity index is 439. The van der Waals surface area contributed by atoms with E-state index in [0.29, 0.717) is 12.0 Å². The fraction of sp³-hybridized carbons (Fsp3) is 0.824. The summed E-state index contributed by atoms with van der Waals surface area (Å²) in [6.45, 7) is 14.5.